The highest BCUT2D eigenvalue weighted by Gasteiger charge is 2.30. The van der Waals surface area contributed by atoms with Gasteiger partial charge < -0.3 is 0 Å². The fraction of sp³-hybridized carbons (Fsp3) is 0.0714. The molecule has 2 aromatic rings. The van der Waals surface area contributed by atoms with Gasteiger partial charge in [0.1, 0.15) is 0 Å². The fourth-order valence-corrected chi connectivity index (χ4v) is 1.67. The van der Waals surface area contributed by atoms with Crippen LogP contribution in [-0.2, 0) is 6.18 Å². The predicted octanol–water partition coefficient (Wildman–Crippen LogP) is 4.06. The van der Waals surface area contributed by atoms with Crippen molar-refractivity contribution in [3.63, 3.8) is 0 Å². The molecular weight excluding hydrogens is 299 g/mol. The number of hydrazone groups is 1. The number of nitro benzene ring substituents is 1. The zero-order valence-electron chi connectivity index (χ0n) is 11.0. The van der Waals surface area contributed by atoms with Crippen LogP contribution in [0.3, 0.4) is 0 Å². The van der Waals surface area contributed by atoms with E-state index in [1.54, 1.807) is 6.07 Å². The molecule has 0 atom stereocenters. The minimum absolute atomic E-state index is 0.112. The van der Waals surface area contributed by atoms with E-state index in [9.17, 15) is 23.3 Å². The first kappa shape index (κ1) is 15.5. The van der Waals surface area contributed by atoms with Gasteiger partial charge in [0.05, 0.1) is 22.4 Å². The van der Waals surface area contributed by atoms with Gasteiger partial charge >= 0.3 is 6.18 Å². The molecule has 0 aromatic heterocycles. The molecule has 22 heavy (non-hydrogen) atoms. The van der Waals surface area contributed by atoms with Crippen molar-refractivity contribution in [2.45, 2.75) is 6.18 Å². The third kappa shape index (κ3) is 4.05. The number of nitrogens with one attached hydrogen (secondary N) is 1. The number of alkyl halides is 3. The first-order valence-electron chi connectivity index (χ1n) is 6.07. The Morgan fingerprint density at radius 2 is 1.86 bits per heavy atom. The molecule has 0 bridgehead atoms. The summed E-state index contributed by atoms with van der Waals surface area (Å²) < 4.78 is 37.7. The van der Waals surface area contributed by atoms with E-state index in [0.717, 1.165) is 12.1 Å². The first-order valence-corrected chi connectivity index (χ1v) is 6.07. The second-order valence-electron chi connectivity index (χ2n) is 4.30. The van der Waals surface area contributed by atoms with Crippen LogP contribution in [0, 0.1) is 10.1 Å². The average Bonchev–Trinajstić information content (AvgIpc) is 2.47. The summed E-state index contributed by atoms with van der Waals surface area (Å²) in [6.07, 6.45) is -3.22. The van der Waals surface area contributed by atoms with Gasteiger partial charge in [0.15, 0.2) is 0 Å². The summed E-state index contributed by atoms with van der Waals surface area (Å²) in [5.74, 6) is 0. The topological polar surface area (TPSA) is 67.5 Å². The van der Waals surface area contributed by atoms with Crippen LogP contribution in [0.25, 0.3) is 0 Å². The molecule has 8 heteroatoms. The Morgan fingerprint density at radius 3 is 2.55 bits per heavy atom. The number of non-ortho nitro benzene ring substituents is 1. The van der Waals surface area contributed by atoms with Crippen LogP contribution in [0.4, 0.5) is 24.5 Å². The van der Waals surface area contributed by atoms with Crippen molar-refractivity contribution in [3.8, 4) is 0 Å². The van der Waals surface area contributed by atoms with Crippen molar-refractivity contribution in [2.75, 3.05) is 5.43 Å². The lowest BCUT2D eigenvalue weighted by Crippen LogP contribution is -2.05. The summed E-state index contributed by atoms with van der Waals surface area (Å²) in [6, 6.07) is 10.3. The molecule has 0 amide bonds. The van der Waals surface area contributed by atoms with E-state index in [1.807, 2.05) is 0 Å². The van der Waals surface area contributed by atoms with Crippen molar-refractivity contribution in [1.29, 1.82) is 0 Å². The summed E-state index contributed by atoms with van der Waals surface area (Å²) in [7, 11) is 0. The maximum absolute atomic E-state index is 12.6. The lowest BCUT2D eigenvalue weighted by molar-refractivity contribution is -0.384. The zero-order chi connectivity index (χ0) is 16.2. The smallest absolute Gasteiger partial charge is 0.278 e. The average molecular weight is 309 g/mol. The molecule has 0 aliphatic carbocycles. The van der Waals surface area contributed by atoms with Gasteiger partial charge in [-0.1, -0.05) is 18.2 Å². The summed E-state index contributed by atoms with van der Waals surface area (Å²) in [5.41, 5.74) is 2.26. The lowest BCUT2D eigenvalue weighted by atomic mass is 10.1. The molecule has 0 radical (unpaired) electrons. The second-order valence-corrected chi connectivity index (χ2v) is 4.30. The molecule has 1 N–H and O–H groups in total. The highest BCUT2D eigenvalue weighted by Crippen LogP contribution is 2.29. The van der Waals surface area contributed by atoms with Crippen LogP contribution in [0.15, 0.2) is 53.6 Å². The van der Waals surface area contributed by atoms with Crippen molar-refractivity contribution in [3.05, 3.63) is 69.8 Å². The van der Waals surface area contributed by atoms with Crippen LogP contribution >= 0.6 is 0 Å². The highest BCUT2D eigenvalue weighted by molar-refractivity contribution is 5.80. The number of hydrogen-bond donors (Lipinski definition) is 1. The third-order valence-electron chi connectivity index (χ3n) is 2.68. The third-order valence-corrected chi connectivity index (χ3v) is 2.68. The van der Waals surface area contributed by atoms with Gasteiger partial charge in [0, 0.05) is 12.1 Å². The highest BCUT2D eigenvalue weighted by atomic mass is 19.4. The largest absolute Gasteiger partial charge is 0.416 e. The SMILES string of the molecule is O=[N+]([O-])c1cccc(N/N=C/c2cccc(C(F)(F)F)c2)c1. The molecule has 2 rings (SSSR count). The monoisotopic (exact) mass is 309 g/mol. The number of halogens is 3. The number of benzene rings is 2. The number of nitro groups is 1. The molecule has 0 aliphatic rings. The van der Waals surface area contributed by atoms with E-state index in [-0.39, 0.29) is 11.3 Å². The van der Waals surface area contributed by atoms with Crippen molar-refractivity contribution >= 4 is 17.6 Å². The molecule has 0 unspecified atom stereocenters. The van der Waals surface area contributed by atoms with Gasteiger partial charge in [0.2, 0.25) is 0 Å². The van der Waals surface area contributed by atoms with Crippen molar-refractivity contribution in [2.24, 2.45) is 5.10 Å². The fourth-order valence-electron chi connectivity index (χ4n) is 1.67. The maximum atomic E-state index is 12.6. The van der Waals surface area contributed by atoms with E-state index in [4.69, 9.17) is 0 Å². The maximum Gasteiger partial charge on any atom is 0.416 e. The summed E-state index contributed by atoms with van der Waals surface area (Å²) in [6.45, 7) is 0. The summed E-state index contributed by atoms with van der Waals surface area (Å²) in [4.78, 5) is 10.1. The lowest BCUT2D eigenvalue weighted by Gasteiger charge is -2.06. The number of nitrogens with zero attached hydrogens (tertiary/aromatic N) is 2. The molecule has 114 valence electrons. The van der Waals surface area contributed by atoms with Crippen molar-refractivity contribution in [1.82, 2.24) is 0 Å². The minimum atomic E-state index is -4.42. The van der Waals surface area contributed by atoms with E-state index in [1.165, 1.54) is 36.5 Å². The quantitative estimate of drug-likeness (QED) is 0.526. The van der Waals surface area contributed by atoms with Gasteiger partial charge in [-0.25, -0.2) is 0 Å². The molecule has 0 saturated heterocycles. The number of hydrogen-bond acceptors (Lipinski definition) is 4. The molecule has 2 aromatic carbocycles. The van der Waals surface area contributed by atoms with Gasteiger partial charge in [-0.3, -0.25) is 15.5 Å². The van der Waals surface area contributed by atoms with E-state index in [0.29, 0.717) is 5.69 Å². The standard InChI is InChI=1S/C14H10F3N3O2/c15-14(16,17)11-4-1-3-10(7-11)9-18-19-12-5-2-6-13(8-12)20(21)22/h1-9,19H/b18-9+. The van der Waals surface area contributed by atoms with Crippen LogP contribution in [0.2, 0.25) is 0 Å². The van der Waals surface area contributed by atoms with Crippen molar-refractivity contribution < 1.29 is 18.1 Å². The Hall–Kier alpha value is -2.90. The Balaban J connectivity index is 2.10. The molecule has 5 nitrogen and oxygen atoms in total. The molecule has 0 heterocycles. The Morgan fingerprint density at radius 1 is 1.14 bits per heavy atom. The van der Waals surface area contributed by atoms with E-state index < -0.39 is 16.7 Å². The predicted molar refractivity (Wildman–Crippen MR) is 75.8 cm³/mol. The van der Waals surface area contributed by atoms with Gasteiger partial charge in [-0.15, -0.1) is 0 Å². The van der Waals surface area contributed by atoms with Gasteiger partial charge in [-0.2, -0.15) is 18.3 Å². The molecule has 0 spiro atoms. The Labute approximate surface area is 123 Å². The molecular formula is C14H10F3N3O2. The number of anilines is 1. The molecule has 0 aliphatic heterocycles. The van der Waals surface area contributed by atoms with Gasteiger partial charge in [-0.05, 0) is 23.8 Å². The van der Waals surface area contributed by atoms with Crippen LogP contribution in [0.1, 0.15) is 11.1 Å². The minimum Gasteiger partial charge on any atom is -0.278 e. The molecule has 0 fully saturated rings. The van der Waals surface area contributed by atoms with Crippen LogP contribution in [-0.4, -0.2) is 11.1 Å². The first-order chi connectivity index (χ1) is 10.4. The molecule has 0 saturated carbocycles. The van der Waals surface area contributed by atoms with Gasteiger partial charge in [0.25, 0.3) is 5.69 Å². The summed E-state index contributed by atoms with van der Waals surface area (Å²) in [5, 5.41) is 14.4. The van der Waals surface area contributed by atoms with E-state index >= 15 is 0 Å². The summed E-state index contributed by atoms with van der Waals surface area (Å²) >= 11 is 0. The Bertz CT molecular complexity index is 714. The number of rotatable bonds is 4. The normalized spacial score (nSPS) is 11.6. The second kappa shape index (κ2) is 6.25. The van der Waals surface area contributed by atoms with Crippen LogP contribution < -0.4 is 5.43 Å². The van der Waals surface area contributed by atoms with E-state index in [2.05, 4.69) is 10.5 Å². The van der Waals surface area contributed by atoms with Crippen LogP contribution in [0.5, 0.6) is 0 Å². The Kier molecular flexibility index (Phi) is 4.40. The zero-order valence-corrected chi connectivity index (χ0v) is 11.0.